The summed E-state index contributed by atoms with van der Waals surface area (Å²) < 4.78 is 1.99. The van der Waals surface area contributed by atoms with Gasteiger partial charge in [0.2, 0.25) is 0 Å². The molecule has 1 aromatic carbocycles. The maximum atomic E-state index is 5.90. The Labute approximate surface area is 119 Å². The molecule has 0 bridgehead atoms. The first-order chi connectivity index (χ1) is 8.16. The summed E-state index contributed by atoms with van der Waals surface area (Å²) in [5, 5.41) is 3.49. The van der Waals surface area contributed by atoms with Crippen molar-refractivity contribution >= 4 is 38.9 Å². The van der Waals surface area contributed by atoms with E-state index in [1.54, 1.807) is 11.3 Å². The van der Waals surface area contributed by atoms with E-state index in [1.807, 2.05) is 12.1 Å². The molecule has 1 N–H and O–H groups in total. The third-order valence-electron chi connectivity index (χ3n) is 2.58. The summed E-state index contributed by atoms with van der Waals surface area (Å²) in [6, 6.07) is 12.6. The fourth-order valence-corrected chi connectivity index (χ4v) is 3.30. The first-order valence-corrected chi connectivity index (χ1v) is 7.37. The molecule has 17 heavy (non-hydrogen) atoms. The van der Waals surface area contributed by atoms with Gasteiger partial charge in [-0.05, 0) is 30.7 Å². The molecule has 1 atom stereocenters. The summed E-state index contributed by atoms with van der Waals surface area (Å²) >= 11 is 11.1. The maximum absolute atomic E-state index is 5.90. The minimum Gasteiger partial charge on any atom is -0.305 e. The minimum atomic E-state index is 0.312. The monoisotopic (exact) mass is 329 g/mol. The lowest BCUT2D eigenvalue weighted by atomic mass is 10.1. The molecule has 2 rings (SSSR count). The van der Waals surface area contributed by atoms with Crippen molar-refractivity contribution in [2.45, 2.75) is 19.5 Å². The summed E-state index contributed by atoms with van der Waals surface area (Å²) in [6.45, 7) is 3.01. The van der Waals surface area contributed by atoms with Crippen LogP contribution in [0.5, 0.6) is 0 Å². The molecule has 0 unspecified atom stereocenters. The van der Waals surface area contributed by atoms with Crippen LogP contribution in [0.2, 0.25) is 4.34 Å². The number of thiophene rings is 1. The molecule has 90 valence electrons. The molecular formula is C13H13BrClNS. The van der Waals surface area contributed by atoms with E-state index < -0.39 is 0 Å². The van der Waals surface area contributed by atoms with E-state index >= 15 is 0 Å². The molecule has 4 heteroatoms. The van der Waals surface area contributed by atoms with Gasteiger partial charge in [0.15, 0.2) is 0 Å². The number of nitrogens with one attached hydrogen (secondary N) is 1. The van der Waals surface area contributed by atoms with Gasteiger partial charge in [0.25, 0.3) is 0 Å². The van der Waals surface area contributed by atoms with Gasteiger partial charge in [-0.3, -0.25) is 0 Å². The smallest absolute Gasteiger partial charge is 0.0931 e. The van der Waals surface area contributed by atoms with Crippen molar-refractivity contribution in [2.75, 3.05) is 0 Å². The first-order valence-electron chi connectivity index (χ1n) is 5.39. The molecule has 0 spiro atoms. The van der Waals surface area contributed by atoms with Crippen LogP contribution < -0.4 is 5.32 Å². The molecule has 0 saturated heterocycles. The lowest BCUT2D eigenvalue weighted by molar-refractivity contribution is 0.577. The molecule has 1 nitrogen and oxygen atoms in total. The summed E-state index contributed by atoms with van der Waals surface area (Å²) in [5.74, 6) is 0. The molecule has 0 amide bonds. The zero-order chi connectivity index (χ0) is 12.3. The molecule has 1 heterocycles. The highest BCUT2D eigenvalue weighted by Crippen LogP contribution is 2.25. The zero-order valence-electron chi connectivity index (χ0n) is 9.41. The maximum Gasteiger partial charge on any atom is 0.0931 e. The molecule has 2 aromatic rings. The largest absolute Gasteiger partial charge is 0.305 e. The highest BCUT2D eigenvalue weighted by Gasteiger charge is 2.08. The second kappa shape index (κ2) is 6.01. The number of benzene rings is 1. The quantitative estimate of drug-likeness (QED) is 0.830. The van der Waals surface area contributed by atoms with E-state index in [4.69, 9.17) is 11.6 Å². The highest BCUT2D eigenvalue weighted by atomic mass is 79.9. The van der Waals surface area contributed by atoms with Gasteiger partial charge in [0, 0.05) is 21.9 Å². The lowest BCUT2D eigenvalue weighted by Gasteiger charge is -2.15. The topological polar surface area (TPSA) is 12.0 Å². The minimum absolute atomic E-state index is 0.312. The second-order valence-electron chi connectivity index (χ2n) is 3.83. The van der Waals surface area contributed by atoms with E-state index in [-0.39, 0.29) is 0 Å². The van der Waals surface area contributed by atoms with Crippen LogP contribution in [0, 0.1) is 0 Å². The van der Waals surface area contributed by atoms with E-state index in [0.717, 1.165) is 15.4 Å². The van der Waals surface area contributed by atoms with Crippen LogP contribution >= 0.6 is 38.9 Å². The van der Waals surface area contributed by atoms with Gasteiger partial charge < -0.3 is 5.32 Å². The van der Waals surface area contributed by atoms with Crippen molar-refractivity contribution in [1.82, 2.24) is 5.32 Å². The normalized spacial score (nSPS) is 12.6. The van der Waals surface area contributed by atoms with Crippen molar-refractivity contribution in [3.8, 4) is 0 Å². The Bertz CT molecular complexity index is 498. The third-order valence-corrected chi connectivity index (χ3v) is 4.54. The molecule has 0 aliphatic rings. The summed E-state index contributed by atoms with van der Waals surface area (Å²) in [7, 11) is 0. The Hall–Kier alpha value is -0.350. The summed E-state index contributed by atoms with van der Waals surface area (Å²) in [5.41, 5.74) is 1.27. The van der Waals surface area contributed by atoms with Crippen LogP contribution in [-0.2, 0) is 6.54 Å². The van der Waals surface area contributed by atoms with Crippen LogP contribution in [0.3, 0.4) is 0 Å². The van der Waals surface area contributed by atoms with Crippen molar-refractivity contribution < 1.29 is 0 Å². The van der Waals surface area contributed by atoms with E-state index in [2.05, 4.69) is 52.4 Å². The van der Waals surface area contributed by atoms with Gasteiger partial charge in [-0.15, -0.1) is 11.3 Å². The second-order valence-corrected chi connectivity index (χ2v) is 6.48. The molecular weight excluding hydrogens is 318 g/mol. The van der Waals surface area contributed by atoms with Crippen molar-refractivity contribution in [2.24, 2.45) is 0 Å². The van der Waals surface area contributed by atoms with Crippen molar-refractivity contribution in [3.05, 3.63) is 55.6 Å². The van der Waals surface area contributed by atoms with Gasteiger partial charge in [0.05, 0.1) is 4.34 Å². The first kappa shape index (κ1) is 13.1. The Morgan fingerprint density at radius 1 is 1.29 bits per heavy atom. The third kappa shape index (κ3) is 3.55. The SMILES string of the molecule is C[C@H](NCc1ccc(Cl)s1)c1ccccc1Br. The van der Waals surface area contributed by atoms with E-state index in [9.17, 15) is 0 Å². The van der Waals surface area contributed by atoms with Crippen LogP contribution in [0.1, 0.15) is 23.4 Å². The zero-order valence-corrected chi connectivity index (χ0v) is 12.6. The average molecular weight is 331 g/mol. The van der Waals surface area contributed by atoms with Gasteiger partial charge in [-0.1, -0.05) is 45.7 Å². The van der Waals surface area contributed by atoms with Gasteiger partial charge >= 0.3 is 0 Å². The summed E-state index contributed by atoms with van der Waals surface area (Å²) in [6.07, 6.45) is 0. The van der Waals surface area contributed by atoms with Gasteiger partial charge in [0.1, 0.15) is 0 Å². The fraction of sp³-hybridized carbons (Fsp3) is 0.231. The molecule has 0 aliphatic heterocycles. The standard InChI is InChI=1S/C13H13BrClNS/c1-9(11-4-2-3-5-12(11)14)16-8-10-6-7-13(15)17-10/h2-7,9,16H,8H2,1H3/t9-/m0/s1. The summed E-state index contributed by atoms with van der Waals surface area (Å²) in [4.78, 5) is 1.26. The number of hydrogen-bond acceptors (Lipinski definition) is 2. The molecule has 0 radical (unpaired) electrons. The van der Waals surface area contributed by atoms with E-state index in [1.165, 1.54) is 10.4 Å². The highest BCUT2D eigenvalue weighted by molar-refractivity contribution is 9.10. The number of halogens is 2. The molecule has 0 aliphatic carbocycles. The molecule has 1 aromatic heterocycles. The predicted molar refractivity (Wildman–Crippen MR) is 78.7 cm³/mol. The fourth-order valence-electron chi connectivity index (χ4n) is 1.64. The Balaban J connectivity index is 1.98. The van der Waals surface area contributed by atoms with Crippen molar-refractivity contribution in [1.29, 1.82) is 0 Å². The number of rotatable bonds is 4. The molecule has 0 fully saturated rings. The van der Waals surface area contributed by atoms with Crippen LogP contribution in [0.25, 0.3) is 0 Å². The Kier molecular flexibility index (Phi) is 4.62. The Morgan fingerprint density at radius 2 is 2.06 bits per heavy atom. The lowest BCUT2D eigenvalue weighted by Crippen LogP contribution is -2.17. The average Bonchev–Trinajstić information content (AvgIpc) is 2.73. The molecule has 0 saturated carbocycles. The van der Waals surface area contributed by atoms with Gasteiger partial charge in [-0.2, -0.15) is 0 Å². The van der Waals surface area contributed by atoms with Crippen molar-refractivity contribution in [3.63, 3.8) is 0 Å². The predicted octanol–water partition coefficient (Wildman–Crippen LogP) is 5.01. The number of hydrogen-bond donors (Lipinski definition) is 1. The van der Waals surface area contributed by atoms with Crippen LogP contribution in [0.15, 0.2) is 40.9 Å². The van der Waals surface area contributed by atoms with E-state index in [0.29, 0.717) is 6.04 Å². The van der Waals surface area contributed by atoms with Crippen LogP contribution in [-0.4, -0.2) is 0 Å². The Morgan fingerprint density at radius 3 is 2.71 bits per heavy atom. The van der Waals surface area contributed by atoms with Gasteiger partial charge in [-0.25, -0.2) is 0 Å². The van der Waals surface area contributed by atoms with Crippen LogP contribution in [0.4, 0.5) is 0 Å².